The van der Waals surface area contributed by atoms with Gasteiger partial charge in [0.05, 0.1) is 0 Å². The van der Waals surface area contributed by atoms with E-state index in [0.717, 1.165) is 20.9 Å². The second-order valence-corrected chi connectivity index (χ2v) is 4.57. The minimum atomic E-state index is 0.0179. The summed E-state index contributed by atoms with van der Waals surface area (Å²) in [7, 11) is 0. The van der Waals surface area contributed by atoms with Crippen LogP contribution in [0.2, 0.25) is 0 Å². The first kappa shape index (κ1) is 11.0. The van der Waals surface area contributed by atoms with Crippen molar-refractivity contribution in [1.29, 1.82) is 0 Å². The fourth-order valence-electron chi connectivity index (χ4n) is 1.11. The predicted octanol–water partition coefficient (Wildman–Crippen LogP) is 3.79. The Morgan fingerprint density at radius 3 is 2.77 bits per heavy atom. The van der Waals surface area contributed by atoms with Crippen LogP contribution in [0.15, 0.2) is 39.8 Å². The second-order valence-electron chi connectivity index (χ2n) is 2.80. The number of nitrogens with two attached hydrogens (primary N) is 1. The second kappa shape index (κ2) is 4.94. The summed E-state index contributed by atoms with van der Waals surface area (Å²) in [5.74, 6) is 0. The molecule has 0 aromatic heterocycles. The molecule has 0 aliphatic carbocycles. The molecule has 1 aromatic rings. The predicted molar refractivity (Wildman–Crippen MR) is 63.6 cm³/mol. The van der Waals surface area contributed by atoms with E-state index in [1.807, 2.05) is 24.3 Å². The minimum Gasteiger partial charge on any atom is -0.324 e. The van der Waals surface area contributed by atoms with Gasteiger partial charge in [-0.25, -0.2) is 0 Å². The van der Waals surface area contributed by atoms with Gasteiger partial charge in [-0.3, -0.25) is 0 Å². The third-order valence-corrected chi connectivity index (χ3v) is 2.99. The van der Waals surface area contributed by atoms with Crippen LogP contribution in [0.4, 0.5) is 0 Å². The summed E-state index contributed by atoms with van der Waals surface area (Å²) in [5, 5.41) is 0. The van der Waals surface area contributed by atoms with Crippen LogP contribution in [0.3, 0.4) is 0 Å². The van der Waals surface area contributed by atoms with E-state index in [1.165, 1.54) is 0 Å². The molecule has 0 saturated carbocycles. The molecule has 0 saturated heterocycles. The Morgan fingerprint density at radius 2 is 2.15 bits per heavy atom. The molecular weight excluding hydrogens is 294 g/mol. The van der Waals surface area contributed by atoms with E-state index in [0.29, 0.717) is 0 Å². The van der Waals surface area contributed by atoms with Gasteiger partial charge in [0.1, 0.15) is 0 Å². The molecule has 3 heteroatoms. The van der Waals surface area contributed by atoms with Gasteiger partial charge >= 0.3 is 0 Å². The number of hydrogen-bond donors (Lipinski definition) is 1. The first-order valence-electron chi connectivity index (χ1n) is 3.96. The molecule has 1 rings (SSSR count). The van der Waals surface area contributed by atoms with Gasteiger partial charge in [-0.05, 0) is 30.2 Å². The summed E-state index contributed by atoms with van der Waals surface area (Å²) in [6, 6.07) is 6.01. The minimum absolute atomic E-state index is 0.0179. The van der Waals surface area contributed by atoms with Crippen molar-refractivity contribution in [3.8, 4) is 0 Å². The summed E-state index contributed by atoms with van der Waals surface area (Å²) in [6.45, 7) is 3.67. The highest BCUT2D eigenvalue weighted by molar-refractivity contribution is 9.11. The van der Waals surface area contributed by atoms with Crippen LogP contribution < -0.4 is 5.73 Å². The van der Waals surface area contributed by atoms with Crippen molar-refractivity contribution in [3.05, 3.63) is 45.4 Å². The highest BCUT2D eigenvalue weighted by Gasteiger charge is 2.08. The first-order chi connectivity index (χ1) is 6.15. The van der Waals surface area contributed by atoms with E-state index >= 15 is 0 Å². The van der Waals surface area contributed by atoms with Gasteiger partial charge in [0.25, 0.3) is 0 Å². The molecular formula is C10H11Br2N. The molecule has 0 unspecified atom stereocenters. The lowest BCUT2D eigenvalue weighted by Gasteiger charge is -2.11. The zero-order valence-corrected chi connectivity index (χ0v) is 10.3. The molecule has 0 heterocycles. The van der Waals surface area contributed by atoms with Crippen LogP contribution in [0, 0.1) is 0 Å². The lowest BCUT2D eigenvalue weighted by molar-refractivity contribution is 0.737. The number of hydrogen-bond acceptors (Lipinski definition) is 1. The van der Waals surface area contributed by atoms with Crippen molar-refractivity contribution < 1.29 is 0 Å². The monoisotopic (exact) mass is 303 g/mol. The van der Waals surface area contributed by atoms with Gasteiger partial charge in [0.15, 0.2) is 0 Å². The summed E-state index contributed by atoms with van der Waals surface area (Å²) < 4.78 is 2.09. The van der Waals surface area contributed by atoms with Gasteiger partial charge in [0, 0.05) is 15.0 Å². The van der Waals surface area contributed by atoms with Gasteiger partial charge in [0.2, 0.25) is 0 Å². The van der Waals surface area contributed by atoms with Crippen molar-refractivity contribution in [2.75, 3.05) is 0 Å². The maximum atomic E-state index is 5.95. The van der Waals surface area contributed by atoms with Crippen molar-refractivity contribution in [2.45, 2.75) is 12.5 Å². The third-order valence-electron chi connectivity index (χ3n) is 1.78. The molecule has 1 nitrogen and oxygen atoms in total. The lowest BCUT2D eigenvalue weighted by atomic mass is 10.1. The van der Waals surface area contributed by atoms with Gasteiger partial charge in [-0.15, -0.1) is 6.58 Å². The Balaban J connectivity index is 2.97. The fourth-order valence-corrected chi connectivity index (χ4v) is 2.02. The smallest absolute Gasteiger partial charge is 0.0341 e. The average Bonchev–Trinajstić information content (AvgIpc) is 2.09. The summed E-state index contributed by atoms with van der Waals surface area (Å²) in [6.07, 6.45) is 2.62. The molecule has 13 heavy (non-hydrogen) atoms. The maximum absolute atomic E-state index is 5.95. The maximum Gasteiger partial charge on any atom is 0.0341 e. The first-order valence-corrected chi connectivity index (χ1v) is 5.55. The number of halogens is 2. The van der Waals surface area contributed by atoms with E-state index in [1.54, 1.807) is 0 Å². The van der Waals surface area contributed by atoms with E-state index in [-0.39, 0.29) is 6.04 Å². The Labute approximate surface area is 95.3 Å². The number of benzene rings is 1. The molecule has 0 aliphatic rings. The zero-order chi connectivity index (χ0) is 9.84. The van der Waals surface area contributed by atoms with Crippen LogP contribution in [0.25, 0.3) is 0 Å². The van der Waals surface area contributed by atoms with E-state index in [2.05, 4.69) is 38.4 Å². The van der Waals surface area contributed by atoms with Crippen LogP contribution >= 0.6 is 31.9 Å². The van der Waals surface area contributed by atoms with Crippen molar-refractivity contribution in [3.63, 3.8) is 0 Å². The normalized spacial score (nSPS) is 12.5. The number of rotatable bonds is 3. The molecule has 0 aliphatic heterocycles. The molecule has 2 N–H and O–H groups in total. The van der Waals surface area contributed by atoms with Gasteiger partial charge in [-0.2, -0.15) is 0 Å². The largest absolute Gasteiger partial charge is 0.324 e. The van der Waals surface area contributed by atoms with E-state index < -0.39 is 0 Å². The molecule has 0 radical (unpaired) electrons. The molecule has 0 spiro atoms. The average molecular weight is 305 g/mol. The van der Waals surface area contributed by atoms with Crippen LogP contribution in [-0.2, 0) is 0 Å². The molecule has 1 aromatic carbocycles. The highest BCUT2D eigenvalue weighted by Crippen LogP contribution is 2.27. The Bertz CT molecular complexity index is 310. The Kier molecular flexibility index (Phi) is 4.16. The topological polar surface area (TPSA) is 26.0 Å². The quantitative estimate of drug-likeness (QED) is 0.845. The van der Waals surface area contributed by atoms with Crippen LogP contribution in [0.5, 0.6) is 0 Å². The van der Waals surface area contributed by atoms with Crippen LogP contribution in [-0.4, -0.2) is 0 Å². The molecule has 0 amide bonds. The summed E-state index contributed by atoms with van der Waals surface area (Å²) in [4.78, 5) is 0. The lowest BCUT2D eigenvalue weighted by Crippen LogP contribution is -2.09. The molecule has 0 fully saturated rings. The van der Waals surface area contributed by atoms with E-state index in [9.17, 15) is 0 Å². The van der Waals surface area contributed by atoms with Crippen molar-refractivity contribution in [1.82, 2.24) is 0 Å². The van der Waals surface area contributed by atoms with Crippen molar-refractivity contribution in [2.24, 2.45) is 5.73 Å². The molecule has 70 valence electrons. The van der Waals surface area contributed by atoms with Gasteiger partial charge in [-0.1, -0.05) is 37.9 Å². The van der Waals surface area contributed by atoms with Crippen LogP contribution in [0.1, 0.15) is 18.0 Å². The summed E-state index contributed by atoms with van der Waals surface area (Å²) in [5.41, 5.74) is 7.06. The SMILES string of the molecule is C=CC[C@@H](N)c1cc(Br)ccc1Br. The Hall–Kier alpha value is -0.120. The third kappa shape index (κ3) is 2.93. The fraction of sp³-hybridized carbons (Fsp3) is 0.200. The molecule has 0 bridgehead atoms. The zero-order valence-electron chi connectivity index (χ0n) is 7.13. The van der Waals surface area contributed by atoms with Crippen molar-refractivity contribution >= 4 is 31.9 Å². The highest BCUT2D eigenvalue weighted by atomic mass is 79.9. The summed E-state index contributed by atoms with van der Waals surface area (Å²) >= 11 is 6.88. The standard InChI is InChI=1S/C10H11Br2N/c1-2-3-10(13)8-6-7(11)4-5-9(8)12/h2,4-6,10H,1,3,13H2/t10-/m1/s1. The van der Waals surface area contributed by atoms with Gasteiger partial charge < -0.3 is 5.73 Å². The van der Waals surface area contributed by atoms with E-state index in [4.69, 9.17) is 5.73 Å². The Morgan fingerprint density at radius 1 is 1.46 bits per heavy atom. The molecule has 1 atom stereocenters.